The lowest BCUT2D eigenvalue weighted by molar-refractivity contribution is 0.0935. The summed E-state index contributed by atoms with van der Waals surface area (Å²) in [4.78, 5) is 12.2. The van der Waals surface area contributed by atoms with Gasteiger partial charge in [-0.2, -0.15) is 0 Å². The van der Waals surface area contributed by atoms with Crippen LogP contribution in [0.1, 0.15) is 50.6 Å². The summed E-state index contributed by atoms with van der Waals surface area (Å²) in [7, 11) is 1.51. The third kappa shape index (κ3) is 3.01. The van der Waals surface area contributed by atoms with Crippen molar-refractivity contribution in [2.45, 2.75) is 51.1 Å². The van der Waals surface area contributed by atoms with Gasteiger partial charge in [0.05, 0.1) is 0 Å². The molecule has 1 amide bonds. The van der Waals surface area contributed by atoms with Gasteiger partial charge in [0.2, 0.25) is 0 Å². The molecule has 20 heavy (non-hydrogen) atoms. The van der Waals surface area contributed by atoms with E-state index in [1.807, 2.05) is 13.8 Å². The van der Waals surface area contributed by atoms with Crippen molar-refractivity contribution in [3.05, 3.63) is 18.0 Å². The van der Waals surface area contributed by atoms with E-state index in [4.69, 9.17) is 10.7 Å². The molecule has 1 saturated carbocycles. The van der Waals surface area contributed by atoms with E-state index in [1.54, 1.807) is 4.57 Å². The summed E-state index contributed by atoms with van der Waals surface area (Å²) in [5.74, 6) is -0.263. The lowest BCUT2D eigenvalue weighted by Crippen LogP contribution is -2.30. The van der Waals surface area contributed by atoms with E-state index in [0.29, 0.717) is 5.69 Å². The molecule has 5 nitrogen and oxygen atoms in total. The van der Waals surface area contributed by atoms with Crippen molar-refractivity contribution in [2.24, 2.45) is 5.41 Å². The second-order valence-corrected chi connectivity index (χ2v) is 8.78. The number of amides is 1. The first-order valence-corrected chi connectivity index (χ1v) is 8.81. The highest BCUT2D eigenvalue weighted by Crippen LogP contribution is 2.44. The summed E-state index contributed by atoms with van der Waals surface area (Å²) in [5, 5.41) is 2.92. The van der Waals surface area contributed by atoms with Crippen LogP contribution in [0.4, 0.5) is 0 Å². The van der Waals surface area contributed by atoms with E-state index in [1.165, 1.54) is 12.3 Å². The Labute approximate surface area is 123 Å². The fourth-order valence-corrected chi connectivity index (χ4v) is 2.89. The third-order valence-electron chi connectivity index (χ3n) is 3.71. The molecule has 7 heteroatoms. The smallest absolute Gasteiger partial charge is 0.268 e. The summed E-state index contributed by atoms with van der Waals surface area (Å²) in [6, 6.07) is 1.43. The van der Waals surface area contributed by atoms with Crippen LogP contribution in [-0.2, 0) is 9.05 Å². The fraction of sp³-hybridized carbons (Fsp3) is 0.615. The molecule has 1 heterocycles. The molecular weight excluding hydrogens is 300 g/mol. The molecule has 1 aromatic rings. The Balaban J connectivity index is 2.30. The monoisotopic (exact) mass is 318 g/mol. The second-order valence-electron chi connectivity index (χ2n) is 6.22. The van der Waals surface area contributed by atoms with Gasteiger partial charge in [-0.25, -0.2) is 8.42 Å². The van der Waals surface area contributed by atoms with Crippen LogP contribution in [0.25, 0.3) is 0 Å². The van der Waals surface area contributed by atoms with Crippen molar-refractivity contribution in [3.8, 4) is 0 Å². The van der Waals surface area contributed by atoms with Crippen LogP contribution in [0, 0.1) is 5.41 Å². The zero-order valence-corrected chi connectivity index (χ0v) is 13.5. The Morgan fingerprint density at radius 3 is 2.45 bits per heavy atom. The molecule has 0 spiro atoms. The summed E-state index contributed by atoms with van der Waals surface area (Å²) in [6.45, 7) is 7.91. The first kappa shape index (κ1) is 15.4. The average Bonchev–Trinajstić information content (AvgIpc) is 2.76. The van der Waals surface area contributed by atoms with Gasteiger partial charge in [0.1, 0.15) is 10.6 Å². The summed E-state index contributed by atoms with van der Waals surface area (Å²) >= 11 is 0. The first-order valence-electron chi connectivity index (χ1n) is 6.50. The molecule has 1 aliphatic rings. The van der Waals surface area contributed by atoms with Gasteiger partial charge in [0.25, 0.3) is 15.0 Å². The number of hydrogen-bond donors (Lipinski definition) is 1. The molecule has 0 aliphatic heterocycles. The molecule has 0 saturated heterocycles. The third-order valence-corrected chi connectivity index (χ3v) is 5.03. The lowest BCUT2D eigenvalue weighted by Gasteiger charge is -2.13. The highest BCUT2D eigenvalue weighted by Gasteiger charge is 2.46. The first-order chi connectivity index (χ1) is 9.02. The minimum absolute atomic E-state index is 0.0323. The SMILES string of the molecule is CC(C)n1cc(S(=O)(=O)Cl)cc1C(=O)NC1CC1(C)C. The maximum Gasteiger partial charge on any atom is 0.268 e. The van der Waals surface area contributed by atoms with Crippen LogP contribution < -0.4 is 5.32 Å². The fourth-order valence-electron chi connectivity index (χ4n) is 2.14. The predicted octanol–water partition coefficient (Wildman–Crippen LogP) is 2.52. The Morgan fingerprint density at radius 2 is 2.05 bits per heavy atom. The van der Waals surface area contributed by atoms with Crippen LogP contribution >= 0.6 is 10.7 Å². The molecule has 0 aromatic carbocycles. The van der Waals surface area contributed by atoms with Gasteiger partial charge in [-0.05, 0) is 31.7 Å². The quantitative estimate of drug-likeness (QED) is 0.867. The molecular formula is C13H19ClN2O3S. The average molecular weight is 319 g/mol. The normalized spacial score (nSPS) is 21.0. The summed E-state index contributed by atoms with van der Waals surface area (Å²) < 4.78 is 24.4. The second kappa shape index (κ2) is 4.77. The van der Waals surface area contributed by atoms with Gasteiger partial charge in [-0.1, -0.05) is 13.8 Å². The van der Waals surface area contributed by atoms with Crippen LogP contribution in [0.15, 0.2) is 17.2 Å². The Kier molecular flexibility index (Phi) is 3.67. The molecule has 1 N–H and O–H groups in total. The van der Waals surface area contributed by atoms with Crippen LogP contribution in [0.3, 0.4) is 0 Å². The number of nitrogens with zero attached hydrogens (tertiary/aromatic N) is 1. The number of carbonyl (C=O) groups is 1. The minimum atomic E-state index is -3.84. The Hall–Kier alpha value is -1.01. The van der Waals surface area contributed by atoms with E-state index in [-0.39, 0.29) is 28.3 Å². The maximum atomic E-state index is 12.3. The number of halogens is 1. The summed E-state index contributed by atoms with van der Waals surface area (Å²) in [5.41, 5.74) is 0.439. The lowest BCUT2D eigenvalue weighted by atomic mass is 10.2. The Bertz CT molecular complexity index is 647. The minimum Gasteiger partial charge on any atom is -0.347 e. The van der Waals surface area contributed by atoms with Crippen molar-refractivity contribution in [1.29, 1.82) is 0 Å². The van der Waals surface area contributed by atoms with Crippen molar-refractivity contribution in [3.63, 3.8) is 0 Å². The van der Waals surface area contributed by atoms with E-state index in [9.17, 15) is 13.2 Å². The number of nitrogens with one attached hydrogen (secondary N) is 1. The van der Waals surface area contributed by atoms with Gasteiger partial charge < -0.3 is 9.88 Å². The van der Waals surface area contributed by atoms with Gasteiger partial charge in [0, 0.05) is 29.0 Å². The van der Waals surface area contributed by atoms with E-state index >= 15 is 0 Å². The molecule has 1 atom stereocenters. The number of aromatic nitrogens is 1. The van der Waals surface area contributed by atoms with E-state index < -0.39 is 9.05 Å². The van der Waals surface area contributed by atoms with Crippen LogP contribution in [-0.4, -0.2) is 24.9 Å². The standard InChI is InChI=1S/C13H19ClN2O3S/c1-8(2)16-7-9(20(14,18)19)5-10(16)12(17)15-11-6-13(11,3)4/h5,7-8,11H,6H2,1-4H3,(H,15,17). The van der Waals surface area contributed by atoms with Crippen LogP contribution in [0.2, 0.25) is 0 Å². The number of rotatable bonds is 4. The molecule has 1 fully saturated rings. The zero-order chi connectivity index (χ0) is 15.3. The zero-order valence-electron chi connectivity index (χ0n) is 12.0. The molecule has 0 radical (unpaired) electrons. The predicted molar refractivity (Wildman–Crippen MR) is 77.5 cm³/mol. The van der Waals surface area contributed by atoms with E-state index in [0.717, 1.165) is 6.42 Å². The number of carbonyl (C=O) groups excluding carboxylic acids is 1. The summed E-state index contributed by atoms with van der Waals surface area (Å²) in [6.07, 6.45) is 2.34. The van der Waals surface area contributed by atoms with Crippen molar-refractivity contribution >= 4 is 25.6 Å². The molecule has 1 unspecified atom stereocenters. The van der Waals surface area contributed by atoms with Gasteiger partial charge >= 0.3 is 0 Å². The number of hydrogen-bond acceptors (Lipinski definition) is 3. The highest BCUT2D eigenvalue weighted by molar-refractivity contribution is 8.13. The Morgan fingerprint density at radius 1 is 1.50 bits per heavy atom. The van der Waals surface area contributed by atoms with Crippen molar-refractivity contribution in [1.82, 2.24) is 9.88 Å². The molecule has 0 bridgehead atoms. The molecule has 2 rings (SSSR count). The maximum absolute atomic E-state index is 12.3. The highest BCUT2D eigenvalue weighted by atomic mass is 35.7. The molecule has 1 aromatic heterocycles. The van der Waals surface area contributed by atoms with Crippen molar-refractivity contribution in [2.75, 3.05) is 0 Å². The van der Waals surface area contributed by atoms with Crippen LogP contribution in [0.5, 0.6) is 0 Å². The van der Waals surface area contributed by atoms with Gasteiger partial charge in [0.15, 0.2) is 0 Å². The molecule has 112 valence electrons. The molecule has 1 aliphatic carbocycles. The van der Waals surface area contributed by atoms with Crippen molar-refractivity contribution < 1.29 is 13.2 Å². The van der Waals surface area contributed by atoms with Gasteiger partial charge in [-0.3, -0.25) is 4.79 Å². The topological polar surface area (TPSA) is 68.2 Å². The largest absolute Gasteiger partial charge is 0.347 e. The van der Waals surface area contributed by atoms with E-state index in [2.05, 4.69) is 19.2 Å². The van der Waals surface area contributed by atoms with Gasteiger partial charge in [-0.15, -0.1) is 0 Å².